The number of anilines is 1. The third-order valence-electron chi connectivity index (χ3n) is 3.60. The second-order valence-electron chi connectivity index (χ2n) is 4.93. The topological polar surface area (TPSA) is 39.2 Å². The lowest BCUT2D eigenvalue weighted by atomic mass is 10.0. The van der Waals surface area contributed by atoms with Crippen molar-refractivity contribution < 1.29 is 4.42 Å². The normalized spacial score (nSPS) is 11.2. The summed E-state index contributed by atoms with van der Waals surface area (Å²) in [4.78, 5) is 0. The fraction of sp³-hybridized carbons (Fsp3) is 0. The van der Waals surface area contributed by atoms with E-state index in [1.165, 1.54) is 5.56 Å². The van der Waals surface area contributed by atoms with Gasteiger partial charge < -0.3 is 10.2 Å². The van der Waals surface area contributed by atoms with Crippen LogP contribution in [0.5, 0.6) is 0 Å². The Hall–Kier alpha value is -2.74. The number of nitrogen functional groups attached to an aromatic ring is 1. The Morgan fingerprint density at radius 1 is 0.650 bits per heavy atom. The molecule has 0 atom stereocenters. The highest BCUT2D eigenvalue weighted by atomic mass is 16.3. The van der Waals surface area contributed by atoms with Crippen molar-refractivity contribution in [1.29, 1.82) is 0 Å². The van der Waals surface area contributed by atoms with Crippen molar-refractivity contribution in [3.05, 3.63) is 66.7 Å². The van der Waals surface area contributed by atoms with Crippen LogP contribution >= 0.6 is 0 Å². The van der Waals surface area contributed by atoms with Gasteiger partial charge in [0.1, 0.15) is 11.2 Å². The van der Waals surface area contributed by atoms with Gasteiger partial charge in [-0.05, 0) is 35.4 Å². The first-order valence-corrected chi connectivity index (χ1v) is 6.58. The quantitative estimate of drug-likeness (QED) is 0.497. The predicted molar refractivity (Wildman–Crippen MR) is 83.6 cm³/mol. The summed E-state index contributed by atoms with van der Waals surface area (Å²) < 4.78 is 5.92. The predicted octanol–water partition coefficient (Wildman–Crippen LogP) is 4.84. The summed E-state index contributed by atoms with van der Waals surface area (Å²) in [5.41, 5.74) is 10.6. The zero-order chi connectivity index (χ0) is 13.5. The minimum absolute atomic E-state index is 0.722. The number of hydrogen-bond acceptors (Lipinski definition) is 2. The van der Waals surface area contributed by atoms with Crippen molar-refractivity contribution in [3.8, 4) is 11.1 Å². The largest absolute Gasteiger partial charge is 0.456 e. The summed E-state index contributed by atoms with van der Waals surface area (Å²) in [5.74, 6) is 0. The van der Waals surface area contributed by atoms with Gasteiger partial charge in [-0.1, -0.05) is 36.4 Å². The Balaban J connectivity index is 1.98. The molecule has 0 aliphatic rings. The molecule has 1 heterocycles. The molecule has 1 aromatic heterocycles. The van der Waals surface area contributed by atoms with E-state index >= 15 is 0 Å². The van der Waals surface area contributed by atoms with E-state index in [9.17, 15) is 0 Å². The second kappa shape index (κ2) is 4.14. The molecule has 4 aromatic rings. The summed E-state index contributed by atoms with van der Waals surface area (Å²) in [6.45, 7) is 0. The summed E-state index contributed by atoms with van der Waals surface area (Å²) in [5, 5.41) is 2.23. The highest BCUT2D eigenvalue weighted by molar-refractivity contribution is 6.06. The molecule has 0 fully saturated rings. The Labute approximate surface area is 116 Å². The van der Waals surface area contributed by atoms with Gasteiger partial charge in [-0.25, -0.2) is 0 Å². The molecule has 4 rings (SSSR count). The number of nitrogens with two attached hydrogens (primary N) is 1. The van der Waals surface area contributed by atoms with Crippen molar-refractivity contribution in [2.75, 3.05) is 5.73 Å². The minimum Gasteiger partial charge on any atom is -0.456 e. The molecule has 0 aliphatic carbocycles. The third kappa shape index (κ3) is 1.66. The van der Waals surface area contributed by atoms with Crippen LogP contribution in [0.3, 0.4) is 0 Å². The van der Waals surface area contributed by atoms with Gasteiger partial charge in [-0.15, -0.1) is 0 Å². The maximum Gasteiger partial charge on any atom is 0.137 e. The van der Waals surface area contributed by atoms with E-state index in [0.717, 1.165) is 33.2 Å². The van der Waals surface area contributed by atoms with Crippen LogP contribution in [0.1, 0.15) is 0 Å². The molecular formula is C18H13NO. The van der Waals surface area contributed by atoms with Gasteiger partial charge in [-0.3, -0.25) is 0 Å². The first-order valence-electron chi connectivity index (χ1n) is 6.58. The van der Waals surface area contributed by atoms with E-state index in [1.54, 1.807) is 0 Å². The molecule has 0 aliphatic heterocycles. The van der Waals surface area contributed by atoms with Gasteiger partial charge >= 0.3 is 0 Å². The Kier molecular flexibility index (Phi) is 2.30. The molecule has 0 amide bonds. The molecular weight excluding hydrogens is 246 g/mol. The van der Waals surface area contributed by atoms with Crippen LogP contribution in [0.15, 0.2) is 71.1 Å². The Morgan fingerprint density at radius 3 is 2.15 bits per heavy atom. The lowest BCUT2D eigenvalue weighted by Crippen LogP contribution is -1.81. The number of fused-ring (bicyclic) bond motifs is 3. The summed E-state index contributed by atoms with van der Waals surface area (Å²) >= 11 is 0. The van der Waals surface area contributed by atoms with E-state index in [1.807, 2.05) is 36.4 Å². The average Bonchev–Trinajstić information content (AvgIpc) is 2.84. The van der Waals surface area contributed by atoms with Gasteiger partial charge in [0.2, 0.25) is 0 Å². The summed E-state index contributed by atoms with van der Waals surface area (Å²) in [6.07, 6.45) is 0. The van der Waals surface area contributed by atoms with Crippen LogP contribution in [0.25, 0.3) is 33.1 Å². The number of benzene rings is 3. The van der Waals surface area contributed by atoms with Crippen molar-refractivity contribution >= 4 is 27.6 Å². The van der Waals surface area contributed by atoms with Gasteiger partial charge in [0.05, 0.1) is 0 Å². The average molecular weight is 259 g/mol. The molecule has 96 valence electrons. The fourth-order valence-electron chi connectivity index (χ4n) is 2.60. The first-order chi connectivity index (χ1) is 9.81. The molecule has 0 bridgehead atoms. The number of rotatable bonds is 1. The monoisotopic (exact) mass is 259 g/mol. The Morgan fingerprint density at radius 2 is 1.35 bits per heavy atom. The zero-order valence-corrected chi connectivity index (χ0v) is 10.8. The van der Waals surface area contributed by atoms with Gasteiger partial charge in [0.25, 0.3) is 0 Å². The van der Waals surface area contributed by atoms with Crippen LogP contribution in [0.2, 0.25) is 0 Å². The summed E-state index contributed by atoms with van der Waals surface area (Å²) in [6, 6.07) is 22.4. The molecule has 2 nitrogen and oxygen atoms in total. The first kappa shape index (κ1) is 11.1. The molecule has 20 heavy (non-hydrogen) atoms. The number of furan rings is 1. The highest BCUT2D eigenvalue weighted by Crippen LogP contribution is 2.32. The zero-order valence-electron chi connectivity index (χ0n) is 10.8. The third-order valence-corrected chi connectivity index (χ3v) is 3.60. The highest BCUT2D eigenvalue weighted by Gasteiger charge is 2.08. The van der Waals surface area contributed by atoms with Crippen LogP contribution < -0.4 is 5.73 Å². The van der Waals surface area contributed by atoms with Crippen molar-refractivity contribution in [2.45, 2.75) is 0 Å². The molecule has 2 N–H and O–H groups in total. The van der Waals surface area contributed by atoms with Crippen LogP contribution in [0.4, 0.5) is 5.69 Å². The van der Waals surface area contributed by atoms with E-state index in [4.69, 9.17) is 10.2 Å². The summed E-state index contributed by atoms with van der Waals surface area (Å²) in [7, 11) is 0. The Bertz CT molecular complexity index is 907. The van der Waals surface area contributed by atoms with Crippen molar-refractivity contribution in [2.24, 2.45) is 0 Å². The fourth-order valence-corrected chi connectivity index (χ4v) is 2.60. The van der Waals surface area contributed by atoms with Crippen molar-refractivity contribution in [1.82, 2.24) is 0 Å². The SMILES string of the molecule is Nc1ccc2c(c1)oc1cc(-c3ccccc3)ccc12. The maximum absolute atomic E-state index is 5.92. The minimum atomic E-state index is 0.722. The smallest absolute Gasteiger partial charge is 0.137 e. The molecule has 0 saturated carbocycles. The van der Waals surface area contributed by atoms with Crippen LogP contribution in [-0.4, -0.2) is 0 Å². The van der Waals surface area contributed by atoms with Gasteiger partial charge in [0.15, 0.2) is 0 Å². The lowest BCUT2D eigenvalue weighted by Gasteiger charge is -2.00. The van der Waals surface area contributed by atoms with E-state index in [2.05, 4.69) is 30.3 Å². The maximum atomic E-state index is 5.92. The molecule has 0 unspecified atom stereocenters. The van der Waals surface area contributed by atoms with Crippen LogP contribution in [-0.2, 0) is 0 Å². The second-order valence-corrected chi connectivity index (χ2v) is 4.93. The van der Waals surface area contributed by atoms with E-state index in [-0.39, 0.29) is 0 Å². The van der Waals surface area contributed by atoms with Gasteiger partial charge in [0, 0.05) is 22.5 Å². The van der Waals surface area contributed by atoms with E-state index < -0.39 is 0 Å². The molecule has 0 spiro atoms. The molecule has 0 saturated heterocycles. The van der Waals surface area contributed by atoms with E-state index in [0.29, 0.717) is 0 Å². The molecule has 3 aromatic carbocycles. The number of hydrogen-bond donors (Lipinski definition) is 1. The lowest BCUT2D eigenvalue weighted by molar-refractivity contribution is 0.669. The standard InChI is InChI=1S/C18H13NO/c19-14-7-9-16-15-8-6-13(12-4-2-1-3-5-12)10-17(15)20-18(16)11-14/h1-11H,19H2. The molecule has 2 heteroatoms. The van der Waals surface area contributed by atoms with Gasteiger partial charge in [-0.2, -0.15) is 0 Å². The van der Waals surface area contributed by atoms with Crippen LogP contribution in [0, 0.1) is 0 Å². The molecule has 0 radical (unpaired) electrons. The van der Waals surface area contributed by atoms with Crippen molar-refractivity contribution in [3.63, 3.8) is 0 Å².